The Balaban J connectivity index is 2.86. The zero-order chi connectivity index (χ0) is 14.1. The highest BCUT2D eigenvalue weighted by Gasteiger charge is 2.11. The number of carbonyl (C=O) groups is 1. The number of aliphatic carboxylic acids is 1. The molecular formula is C17H24O2. The lowest BCUT2D eigenvalue weighted by atomic mass is 9.87. The van der Waals surface area contributed by atoms with Gasteiger partial charge in [0.1, 0.15) is 0 Å². The molecule has 0 aromatic heterocycles. The van der Waals surface area contributed by atoms with Crippen LogP contribution in [0.4, 0.5) is 0 Å². The van der Waals surface area contributed by atoms with Gasteiger partial charge >= 0.3 is 5.97 Å². The average molecular weight is 260 g/mol. The fraction of sp³-hybridized carbons (Fsp3) is 0.471. The first-order chi connectivity index (χ1) is 9.19. The molecule has 1 aromatic rings. The van der Waals surface area contributed by atoms with Gasteiger partial charge in [-0.25, -0.2) is 4.79 Å². The highest BCUT2D eigenvalue weighted by atomic mass is 16.4. The highest BCUT2D eigenvalue weighted by Crippen LogP contribution is 2.29. The van der Waals surface area contributed by atoms with Crippen LogP contribution in [-0.2, 0) is 4.79 Å². The summed E-state index contributed by atoms with van der Waals surface area (Å²) in [7, 11) is 0. The third-order valence-electron chi connectivity index (χ3n) is 3.49. The molecule has 0 saturated carbocycles. The number of carboxylic acid groups (broad SMARTS) is 1. The van der Waals surface area contributed by atoms with Gasteiger partial charge in [0.25, 0.3) is 0 Å². The Morgan fingerprint density at radius 2 is 2.00 bits per heavy atom. The number of unbranched alkanes of at least 4 members (excludes halogenated alkanes) is 2. The monoisotopic (exact) mass is 260 g/mol. The summed E-state index contributed by atoms with van der Waals surface area (Å²) in [5.41, 5.74) is 2.31. The van der Waals surface area contributed by atoms with Crippen molar-refractivity contribution in [2.75, 3.05) is 0 Å². The van der Waals surface area contributed by atoms with Crippen molar-refractivity contribution in [2.24, 2.45) is 0 Å². The molecule has 0 aliphatic carbocycles. The van der Waals surface area contributed by atoms with Crippen LogP contribution in [0.5, 0.6) is 0 Å². The molecule has 0 spiro atoms. The lowest BCUT2D eigenvalue weighted by Gasteiger charge is -2.17. The molecule has 1 N–H and O–H groups in total. The van der Waals surface area contributed by atoms with Crippen molar-refractivity contribution < 1.29 is 9.90 Å². The molecule has 1 unspecified atom stereocenters. The molecule has 1 atom stereocenters. The molecule has 0 aliphatic rings. The molecule has 1 aromatic carbocycles. The second-order valence-corrected chi connectivity index (χ2v) is 4.90. The molecule has 1 rings (SSSR count). The van der Waals surface area contributed by atoms with E-state index in [1.54, 1.807) is 6.08 Å². The van der Waals surface area contributed by atoms with Gasteiger partial charge in [-0.3, -0.25) is 0 Å². The summed E-state index contributed by atoms with van der Waals surface area (Å²) in [5.74, 6) is -0.366. The van der Waals surface area contributed by atoms with E-state index in [0.717, 1.165) is 12.0 Å². The molecule has 0 heterocycles. The van der Waals surface area contributed by atoms with Crippen molar-refractivity contribution >= 4 is 12.0 Å². The Labute approximate surface area is 116 Å². The lowest BCUT2D eigenvalue weighted by molar-refractivity contribution is -0.131. The fourth-order valence-electron chi connectivity index (χ4n) is 2.42. The fourth-order valence-corrected chi connectivity index (χ4v) is 2.42. The van der Waals surface area contributed by atoms with Gasteiger partial charge in [0.2, 0.25) is 0 Å². The molecule has 0 aliphatic heterocycles. The average Bonchev–Trinajstić information content (AvgIpc) is 2.42. The quantitative estimate of drug-likeness (QED) is 0.535. The van der Waals surface area contributed by atoms with Gasteiger partial charge in [0.15, 0.2) is 0 Å². The van der Waals surface area contributed by atoms with E-state index in [1.807, 2.05) is 18.2 Å². The van der Waals surface area contributed by atoms with Crippen LogP contribution >= 0.6 is 0 Å². The molecule has 0 saturated heterocycles. The zero-order valence-corrected chi connectivity index (χ0v) is 11.9. The Morgan fingerprint density at radius 1 is 1.26 bits per heavy atom. The maximum atomic E-state index is 10.6. The Hall–Kier alpha value is -1.57. The van der Waals surface area contributed by atoms with E-state index in [-0.39, 0.29) is 0 Å². The molecular weight excluding hydrogens is 236 g/mol. The first kappa shape index (κ1) is 15.5. The van der Waals surface area contributed by atoms with Crippen LogP contribution in [0.25, 0.3) is 6.08 Å². The van der Waals surface area contributed by atoms with E-state index in [0.29, 0.717) is 5.92 Å². The number of rotatable bonds is 8. The number of benzene rings is 1. The topological polar surface area (TPSA) is 37.3 Å². The summed E-state index contributed by atoms with van der Waals surface area (Å²) in [6.45, 7) is 4.42. The Morgan fingerprint density at radius 3 is 2.63 bits per heavy atom. The van der Waals surface area contributed by atoms with Gasteiger partial charge in [0.05, 0.1) is 0 Å². The molecule has 19 heavy (non-hydrogen) atoms. The SMILES string of the molecule is CCCCCC(CC)c1ccccc1/C=C/C(=O)O. The maximum absolute atomic E-state index is 10.6. The van der Waals surface area contributed by atoms with E-state index in [2.05, 4.69) is 19.9 Å². The largest absolute Gasteiger partial charge is 0.478 e. The molecule has 0 radical (unpaired) electrons. The van der Waals surface area contributed by atoms with E-state index in [1.165, 1.54) is 37.3 Å². The van der Waals surface area contributed by atoms with Crippen LogP contribution in [0.15, 0.2) is 30.3 Å². The highest BCUT2D eigenvalue weighted by molar-refractivity contribution is 5.85. The van der Waals surface area contributed by atoms with Crippen molar-refractivity contribution in [1.29, 1.82) is 0 Å². The van der Waals surface area contributed by atoms with Crippen molar-refractivity contribution in [3.8, 4) is 0 Å². The second-order valence-electron chi connectivity index (χ2n) is 4.90. The summed E-state index contributed by atoms with van der Waals surface area (Å²) >= 11 is 0. The van der Waals surface area contributed by atoms with Gasteiger partial charge in [-0.2, -0.15) is 0 Å². The standard InChI is InChI=1S/C17H24O2/c1-3-5-6-9-14(4-2)16-11-8-7-10-15(16)12-13-17(18)19/h7-8,10-14H,3-6,9H2,1-2H3,(H,18,19)/b13-12+. The van der Waals surface area contributed by atoms with Gasteiger partial charge in [-0.15, -0.1) is 0 Å². The summed E-state index contributed by atoms with van der Waals surface area (Å²) in [4.78, 5) is 10.6. The predicted octanol–water partition coefficient (Wildman–Crippen LogP) is 4.86. The molecule has 0 fully saturated rings. The van der Waals surface area contributed by atoms with Gasteiger partial charge in [-0.05, 0) is 36.0 Å². The summed E-state index contributed by atoms with van der Waals surface area (Å²) in [6.07, 6.45) is 8.95. The third kappa shape index (κ3) is 5.29. The number of hydrogen-bond acceptors (Lipinski definition) is 1. The maximum Gasteiger partial charge on any atom is 0.328 e. The molecule has 0 bridgehead atoms. The van der Waals surface area contributed by atoms with Crippen LogP contribution in [0.1, 0.15) is 63.0 Å². The summed E-state index contributed by atoms with van der Waals surface area (Å²) < 4.78 is 0. The smallest absolute Gasteiger partial charge is 0.328 e. The van der Waals surface area contributed by atoms with Crippen molar-refractivity contribution in [3.05, 3.63) is 41.5 Å². The van der Waals surface area contributed by atoms with Crippen LogP contribution in [0.3, 0.4) is 0 Å². The van der Waals surface area contributed by atoms with Crippen LogP contribution in [-0.4, -0.2) is 11.1 Å². The van der Waals surface area contributed by atoms with E-state index >= 15 is 0 Å². The van der Waals surface area contributed by atoms with Crippen molar-refractivity contribution in [3.63, 3.8) is 0 Å². The third-order valence-corrected chi connectivity index (χ3v) is 3.49. The van der Waals surface area contributed by atoms with E-state index in [9.17, 15) is 4.79 Å². The normalized spacial score (nSPS) is 12.7. The first-order valence-electron chi connectivity index (χ1n) is 7.19. The molecule has 2 nitrogen and oxygen atoms in total. The van der Waals surface area contributed by atoms with E-state index < -0.39 is 5.97 Å². The molecule has 2 heteroatoms. The number of hydrogen-bond donors (Lipinski definition) is 1. The van der Waals surface area contributed by atoms with Crippen LogP contribution in [0.2, 0.25) is 0 Å². The second kappa shape index (κ2) is 8.52. The molecule has 104 valence electrons. The van der Waals surface area contributed by atoms with Gasteiger partial charge < -0.3 is 5.11 Å². The Kier molecular flexibility index (Phi) is 6.94. The van der Waals surface area contributed by atoms with Gasteiger partial charge in [0, 0.05) is 6.08 Å². The van der Waals surface area contributed by atoms with Crippen molar-refractivity contribution in [2.45, 2.75) is 51.9 Å². The van der Waals surface area contributed by atoms with E-state index in [4.69, 9.17) is 5.11 Å². The molecule has 0 amide bonds. The lowest BCUT2D eigenvalue weighted by Crippen LogP contribution is -2.00. The van der Waals surface area contributed by atoms with Crippen LogP contribution in [0, 0.1) is 0 Å². The summed E-state index contributed by atoms with van der Waals surface area (Å²) in [6, 6.07) is 8.12. The van der Waals surface area contributed by atoms with Crippen molar-refractivity contribution in [1.82, 2.24) is 0 Å². The minimum Gasteiger partial charge on any atom is -0.478 e. The summed E-state index contributed by atoms with van der Waals surface area (Å²) in [5, 5.41) is 8.75. The first-order valence-corrected chi connectivity index (χ1v) is 7.19. The predicted molar refractivity (Wildman–Crippen MR) is 80.3 cm³/mol. The Bertz CT molecular complexity index is 421. The minimum absolute atomic E-state index is 0.529. The minimum atomic E-state index is -0.895. The van der Waals surface area contributed by atoms with Crippen LogP contribution < -0.4 is 0 Å². The number of carboxylic acids is 1. The zero-order valence-electron chi connectivity index (χ0n) is 11.9. The van der Waals surface area contributed by atoms with Gasteiger partial charge in [-0.1, -0.05) is 57.4 Å².